The van der Waals surface area contributed by atoms with Crippen LogP contribution in [-0.4, -0.2) is 49.5 Å². The van der Waals surface area contributed by atoms with Crippen LogP contribution in [0.25, 0.3) is 0 Å². The molecule has 1 fully saturated rings. The fourth-order valence-electron chi connectivity index (χ4n) is 2.08. The highest BCUT2D eigenvalue weighted by Gasteiger charge is 2.22. The Balaban J connectivity index is 1.93. The van der Waals surface area contributed by atoms with E-state index in [0.29, 0.717) is 12.6 Å². The van der Waals surface area contributed by atoms with Gasteiger partial charge in [-0.1, -0.05) is 6.42 Å². The smallest absolute Gasteiger partial charge is 0.257 e. The van der Waals surface area contributed by atoms with Crippen LogP contribution in [-0.2, 0) is 10.0 Å². The second-order valence-corrected chi connectivity index (χ2v) is 6.13. The number of imidazole rings is 1. The molecule has 7 heteroatoms. The summed E-state index contributed by atoms with van der Waals surface area (Å²) in [5.41, 5.74) is 0. The van der Waals surface area contributed by atoms with Gasteiger partial charge in [-0.25, -0.2) is 18.1 Å². The summed E-state index contributed by atoms with van der Waals surface area (Å²) in [7, 11) is -1.40. The highest BCUT2D eigenvalue weighted by atomic mass is 32.2. The SMILES string of the molecule is CN1CCCCC1CNS(=O)(=O)c1cnc[nH]1. The van der Waals surface area contributed by atoms with Crippen LogP contribution >= 0.6 is 0 Å². The average molecular weight is 258 g/mol. The summed E-state index contributed by atoms with van der Waals surface area (Å²) in [6.07, 6.45) is 6.08. The number of H-pyrrole nitrogens is 1. The van der Waals surface area contributed by atoms with E-state index in [-0.39, 0.29) is 5.03 Å². The molecular weight excluding hydrogens is 240 g/mol. The van der Waals surface area contributed by atoms with E-state index < -0.39 is 10.0 Å². The predicted molar refractivity (Wildman–Crippen MR) is 64.0 cm³/mol. The average Bonchev–Trinajstić information content (AvgIpc) is 2.82. The molecule has 6 nitrogen and oxygen atoms in total. The molecule has 1 aromatic heterocycles. The number of piperidine rings is 1. The van der Waals surface area contributed by atoms with Gasteiger partial charge in [-0.15, -0.1) is 0 Å². The van der Waals surface area contributed by atoms with E-state index in [1.807, 2.05) is 7.05 Å². The highest BCUT2D eigenvalue weighted by molar-refractivity contribution is 7.89. The molecule has 96 valence electrons. The Morgan fingerprint density at radius 3 is 3.06 bits per heavy atom. The van der Waals surface area contributed by atoms with Crippen LogP contribution in [0.4, 0.5) is 0 Å². The fourth-order valence-corrected chi connectivity index (χ4v) is 3.05. The maximum absolute atomic E-state index is 11.8. The van der Waals surface area contributed by atoms with E-state index in [2.05, 4.69) is 19.6 Å². The number of sulfonamides is 1. The number of nitrogens with one attached hydrogen (secondary N) is 2. The quantitative estimate of drug-likeness (QED) is 0.807. The number of aromatic nitrogens is 2. The minimum absolute atomic E-state index is 0.121. The lowest BCUT2D eigenvalue weighted by atomic mass is 10.0. The molecule has 0 spiro atoms. The van der Waals surface area contributed by atoms with Crippen LogP contribution in [0.5, 0.6) is 0 Å². The van der Waals surface area contributed by atoms with Crippen molar-refractivity contribution in [1.29, 1.82) is 0 Å². The van der Waals surface area contributed by atoms with Crippen LogP contribution in [0, 0.1) is 0 Å². The van der Waals surface area contributed by atoms with E-state index in [9.17, 15) is 8.42 Å². The van der Waals surface area contributed by atoms with Gasteiger partial charge in [0.2, 0.25) is 0 Å². The molecule has 0 saturated carbocycles. The van der Waals surface area contributed by atoms with Gasteiger partial charge in [0.1, 0.15) is 0 Å². The first kappa shape index (κ1) is 12.5. The second kappa shape index (κ2) is 5.16. The van der Waals surface area contributed by atoms with Gasteiger partial charge in [-0.2, -0.15) is 0 Å². The molecule has 0 bridgehead atoms. The molecule has 2 N–H and O–H groups in total. The Hall–Kier alpha value is -0.920. The summed E-state index contributed by atoms with van der Waals surface area (Å²) >= 11 is 0. The Morgan fingerprint density at radius 2 is 2.41 bits per heavy atom. The first-order valence-electron chi connectivity index (χ1n) is 5.78. The zero-order valence-electron chi connectivity index (χ0n) is 9.89. The Bertz CT molecular complexity index is 443. The van der Waals surface area contributed by atoms with Gasteiger partial charge in [0, 0.05) is 12.6 Å². The fraction of sp³-hybridized carbons (Fsp3) is 0.700. The number of likely N-dealkylation sites (tertiary alicyclic amines) is 1. The number of likely N-dealkylation sites (N-methyl/N-ethyl adjacent to an activating group) is 1. The maximum Gasteiger partial charge on any atom is 0.257 e. The van der Waals surface area contributed by atoms with Gasteiger partial charge in [-0.05, 0) is 26.4 Å². The molecule has 0 radical (unpaired) electrons. The van der Waals surface area contributed by atoms with Crippen molar-refractivity contribution < 1.29 is 8.42 Å². The van der Waals surface area contributed by atoms with E-state index >= 15 is 0 Å². The van der Waals surface area contributed by atoms with Crippen molar-refractivity contribution >= 4 is 10.0 Å². The lowest BCUT2D eigenvalue weighted by Gasteiger charge is -2.32. The van der Waals surface area contributed by atoms with Crippen molar-refractivity contribution in [2.45, 2.75) is 30.3 Å². The number of aromatic amines is 1. The molecule has 1 aromatic rings. The summed E-state index contributed by atoms with van der Waals surface area (Å²) in [5, 5.41) is 0.121. The summed E-state index contributed by atoms with van der Waals surface area (Å²) < 4.78 is 26.3. The third kappa shape index (κ3) is 3.05. The Kier molecular flexibility index (Phi) is 3.80. The molecule has 0 aliphatic carbocycles. The molecular formula is C10H18N4O2S. The summed E-state index contributed by atoms with van der Waals surface area (Å²) in [6, 6.07) is 0.293. The van der Waals surface area contributed by atoms with E-state index in [1.165, 1.54) is 25.4 Å². The molecule has 2 rings (SSSR count). The topological polar surface area (TPSA) is 78.1 Å². The van der Waals surface area contributed by atoms with Crippen molar-refractivity contribution in [2.24, 2.45) is 0 Å². The lowest BCUT2D eigenvalue weighted by molar-refractivity contribution is 0.187. The summed E-state index contributed by atoms with van der Waals surface area (Å²) in [4.78, 5) is 8.52. The molecule has 1 unspecified atom stereocenters. The van der Waals surface area contributed by atoms with Gasteiger partial charge in [0.15, 0.2) is 5.03 Å². The third-order valence-corrected chi connectivity index (χ3v) is 4.54. The minimum Gasteiger partial charge on any atom is -0.335 e. The van der Waals surface area contributed by atoms with Gasteiger partial charge in [0.05, 0.1) is 12.5 Å². The van der Waals surface area contributed by atoms with Crippen molar-refractivity contribution in [3.05, 3.63) is 12.5 Å². The molecule has 1 saturated heterocycles. The predicted octanol–water partition coefficient (Wildman–Crippen LogP) is 0.172. The van der Waals surface area contributed by atoms with Gasteiger partial charge in [-0.3, -0.25) is 0 Å². The van der Waals surface area contributed by atoms with Gasteiger partial charge >= 0.3 is 0 Å². The number of hydrogen-bond donors (Lipinski definition) is 2. The van der Waals surface area contributed by atoms with E-state index in [1.54, 1.807) is 0 Å². The normalized spacial score (nSPS) is 22.8. The van der Waals surface area contributed by atoms with Crippen molar-refractivity contribution in [2.75, 3.05) is 20.1 Å². The van der Waals surface area contributed by atoms with Crippen LogP contribution in [0.1, 0.15) is 19.3 Å². The van der Waals surface area contributed by atoms with E-state index in [4.69, 9.17) is 0 Å². The minimum atomic E-state index is -3.43. The van der Waals surface area contributed by atoms with Crippen molar-refractivity contribution in [3.8, 4) is 0 Å². The van der Waals surface area contributed by atoms with Gasteiger partial charge < -0.3 is 9.88 Å². The Labute approximate surface area is 101 Å². The highest BCUT2D eigenvalue weighted by Crippen LogP contribution is 2.14. The van der Waals surface area contributed by atoms with Crippen LogP contribution in [0.2, 0.25) is 0 Å². The molecule has 0 aromatic carbocycles. The molecule has 0 amide bonds. The molecule has 1 atom stereocenters. The first-order chi connectivity index (χ1) is 8.09. The van der Waals surface area contributed by atoms with Gasteiger partial charge in [0.25, 0.3) is 10.0 Å². The monoisotopic (exact) mass is 258 g/mol. The molecule has 1 aliphatic heterocycles. The maximum atomic E-state index is 11.8. The number of nitrogens with zero attached hydrogens (tertiary/aromatic N) is 2. The standard InChI is InChI=1S/C10H18N4O2S/c1-14-5-3-2-4-9(14)6-13-17(15,16)10-7-11-8-12-10/h7-9,13H,2-6H2,1H3,(H,11,12). The third-order valence-electron chi connectivity index (χ3n) is 3.19. The lowest BCUT2D eigenvalue weighted by Crippen LogP contribution is -2.44. The van der Waals surface area contributed by atoms with Crippen molar-refractivity contribution in [1.82, 2.24) is 19.6 Å². The van der Waals surface area contributed by atoms with Crippen LogP contribution in [0.3, 0.4) is 0 Å². The van der Waals surface area contributed by atoms with Crippen molar-refractivity contribution in [3.63, 3.8) is 0 Å². The Morgan fingerprint density at radius 1 is 1.59 bits per heavy atom. The van der Waals surface area contributed by atoms with E-state index in [0.717, 1.165) is 13.0 Å². The summed E-state index contributed by atoms with van der Waals surface area (Å²) in [6.45, 7) is 1.49. The first-order valence-corrected chi connectivity index (χ1v) is 7.26. The molecule has 17 heavy (non-hydrogen) atoms. The van der Waals surface area contributed by atoms with Crippen LogP contribution in [0.15, 0.2) is 17.6 Å². The molecule has 1 aliphatic rings. The van der Waals surface area contributed by atoms with Crippen LogP contribution < -0.4 is 4.72 Å². The second-order valence-electron chi connectivity index (χ2n) is 4.40. The number of hydrogen-bond acceptors (Lipinski definition) is 4. The molecule has 2 heterocycles. The largest absolute Gasteiger partial charge is 0.335 e. The zero-order valence-corrected chi connectivity index (χ0v) is 10.7. The summed E-state index contributed by atoms with van der Waals surface area (Å²) in [5.74, 6) is 0. The number of rotatable bonds is 4. The zero-order chi connectivity index (χ0) is 12.3.